The molecule has 0 aliphatic rings. The fraction of sp³-hybridized carbons (Fsp3) is 0.125. The van der Waals surface area contributed by atoms with E-state index < -0.39 is 10.0 Å². The maximum atomic E-state index is 12.5. The van der Waals surface area contributed by atoms with Crippen molar-refractivity contribution in [2.75, 3.05) is 25.5 Å². The van der Waals surface area contributed by atoms with Gasteiger partial charge in [-0.15, -0.1) is 11.3 Å². The van der Waals surface area contributed by atoms with E-state index in [2.05, 4.69) is 20.0 Å². The highest BCUT2D eigenvalue weighted by Gasteiger charge is 2.19. The predicted molar refractivity (Wildman–Crippen MR) is 138 cm³/mol. The van der Waals surface area contributed by atoms with Gasteiger partial charge in [0, 0.05) is 36.4 Å². The maximum Gasteiger partial charge on any atom is 0.240 e. The van der Waals surface area contributed by atoms with Crippen LogP contribution in [0.2, 0.25) is 0 Å². The molecule has 12 heteroatoms. The minimum absolute atomic E-state index is 0.137. The van der Waals surface area contributed by atoms with Crippen molar-refractivity contribution in [1.29, 1.82) is 0 Å². The van der Waals surface area contributed by atoms with Gasteiger partial charge in [-0.25, -0.2) is 28.1 Å². The van der Waals surface area contributed by atoms with Crippen LogP contribution in [0.3, 0.4) is 0 Å². The molecule has 0 aliphatic carbocycles. The molecule has 3 heterocycles. The van der Waals surface area contributed by atoms with Crippen LogP contribution < -0.4 is 14.8 Å². The number of rotatable bonds is 9. The van der Waals surface area contributed by atoms with Crippen LogP contribution in [-0.4, -0.2) is 53.1 Å². The summed E-state index contributed by atoms with van der Waals surface area (Å²) in [6.45, 7) is 0.413. The zero-order valence-corrected chi connectivity index (χ0v) is 20.8. The van der Waals surface area contributed by atoms with E-state index in [1.54, 1.807) is 42.6 Å². The Morgan fingerprint density at radius 2 is 1.92 bits per heavy atom. The van der Waals surface area contributed by atoms with Crippen molar-refractivity contribution in [3.8, 4) is 34.1 Å². The highest BCUT2D eigenvalue weighted by atomic mass is 32.2. The van der Waals surface area contributed by atoms with E-state index in [1.165, 1.54) is 30.6 Å². The average Bonchev–Trinajstić information content (AvgIpc) is 3.48. The molecule has 5 aromatic rings. The molecule has 184 valence electrons. The minimum atomic E-state index is -3.66. The van der Waals surface area contributed by atoms with E-state index in [4.69, 9.17) is 9.72 Å². The van der Waals surface area contributed by atoms with Crippen LogP contribution in [0, 0.1) is 0 Å². The molecule has 36 heavy (non-hydrogen) atoms. The molecule has 5 rings (SSSR count). The van der Waals surface area contributed by atoms with Crippen molar-refractivity contribution < 1.29 is 18.3 Å². The molecule has 0 spiro atoms. The van der Waals surface area contributed by atoms with Gasteiger partial charge < -0.3 is 15.2 Å². The van der Waals surface area contributed by atoms with Gasteiger partial charge in [0.1, 0.15) is 17.2 Å². The molecule has 2 aromatic carbocycles. The number of fused-ring (bicyclic) bond motifs is 1. The van der Waals surface area contributed by atoms with E-state index in [-0.39, 0.29) is 23.7 Å². The first kappa shape index (κ1) is 23.7. The Hall–Kier alpha value is -4.00. The summed E-state index contributed by atoms with van der Waals surface area (Å²) >= 11 is 1.50. The Morgan fingerprint density at radius 1 is 1.08 bits per heavy atom. The molecule has 0 aliphatic heterocycles. The van der Waals surface area contributed by atoms with Gasteiger partial charge in [-0.2, -0.15) is 0 Å². The lowest BCUT2D eigenvalue weighted by Crippen LogP contribution is -2.29. The van der Waals surface area contributed by atoms with E-state index in [0.717, 1.165) is 16.2 Å². The second-order valence-electron chi connectivity index (χ2n) is 7.68. The lowest BCUT2D eigenvalue weighted by atomic mass is 10.1. The largest absolute Gasteiger partial charge is 0.508 e. The number of hydrogen-bond acceptors (Lipinski definition) is 9. The summed E-state index contributed by atoms with van der Waals surface area (Å²) in [5, 5.41) is 15.0. The number of nitrogens with one attached hydrogen (secondary N) is 2. The number of phenolic OH excluding ortho intramolecular Hbond substituents is 1. The molecule has 0 unspecified atom stereocenters. The Bertz CT molecular complexity index is 1610. The van der Waals surface area contributed by atoms with Crippen LogP contribution in [0.5, 0.6) is 11.5 Å². The molecule has 0 saturated heterocycles. The van der Waals surface area contributed by atoms with E-state index >= 15 is 0 Å². The lowest BCUT2D eigenvalue weighted by molar-refractivity contribution is 0.414. The number of benzene rings is 2. The zero-order valence-electron chi connectivity index (χ0n) is 19.1. The van der Waals surface area contributed by atoms with Gasteiger partial charge in [-0.3, -0.25) is 4.40 Å². The van der Waals surface area contributed by atoms with E-state index in [1.807, 2.05) is 22.0 Å². The molecule has 0 amide bonds. The predicted octanol–water partition coefficient (Wildman–Crippen LogP) is 3.62. The van der Waals surface area contributed by atoms with Crippen molar-refractivity contribution in [1.82, 2.24) is 24.1 Å². The van der Waals surface area contributed by atoms with Crippen molar-refractivity contribution in [2.24, 2.45) is 0 Å². The van der Waals surface area contributed by atoms with Crippen molar-refractivity contribution in [3.63, 3.8) is 0 Å². The molecular weight excluding hydrogens is 500 g/mol. The van der Waals surface area contributed by atoms with E-state index in [0.29, 0.717) is 23.1 Å². The fourth-order valence-electron chi connectivity index (χ4n) is 3.66. The SMILES string of the molecule is COc1ccc(S(=O)(=O)NCCNc2nccc(-c3c(-c4cccc(O)c4)nc4sccn34)n2)cc1. The van der Waals surface area contributed by atoms with Crippen LogP contribution in [0.1, 0.15) is 0 Å². The number of methoxy groups -OCH3 is 1. The summed E-state index contributed by atoms with van der Waals surface area (Å²) in [5.74, 6) is 1.08. The number of sulfonamides is 1. The molecule has 10 nitrogen and oxygen atoms in total. The highest BCUT2D eigenvalue weighted by Crippen LogP contribution is 2.34. The van der Waals surface area contributed by atoms with E-state index in [9.17, 15) is 13.5 Å². The monoisotopic (exact) mass is 522 g/mol. The third-order valence-corrected chi connectivity index (χ3v) is 7.58. The number of nitrogens with zero attached hydrogens (tertiary/aromatic N) is 4. The minimum Gasteiger partial charge on any atom is -0.508 e. The van der Waals surface area contributed by atoms with Gasteiger partial charge in [0.2, 0.25) is 16.0 Å². The van der Waals surface area contributed by atoms with Crippen LogP contribution in [-0.2, 0) is 10.0 Å². The summed E-state index contributed by atoms with van der Waals surface area (Å²) in [7, 11) is -2.14. The first-order valence-electron chi connectivity index (χ1n) is 10.9. The Morgan fingerprint density at radius 3 is 2.69 bits per heavy atom. The average molecular weight is 523 g/mol. The van der Waals surface area contributed by atoms with Gasteiger partial charge in [0.25, 0.3) is 0 Å². The normalized spacial score (nSPS) is 11.6. The van der Waals surface area contributed by atoms with Crippen molar-refractivity contribution in [2.45, 2.75) is 4.90 Å². The van der Waals surface area contributed by atoms with Crippen LogP contribution in [0.25, 0.3) is 27.6 Å². The summed E-state index contributed by atoms with van der Waals surface area (Å²) in [5.41, 5.74) is 2.86. The number of aromatic nitrogens is 4. The number of anilines is 1. The summed E-state index contributed by atoms with van der Waals surface area (Å²) in [6.07, 6.45) is 3.54. The number of ether oxygens (including phenoxy) is 1. The van der Waals surface area contributed by atoms with Gasteiger partial charge in [-0.1, -0.05) is 12.1 Å². The van der Waals surface area contributed by atoms with Crippen LogP contribution >= 0.6 is 11.3 Å². The standard InChI is InChI=1S/C24H22N6O4S2/c1-34-18-5-7-19(8-6-18)36(32,33)27-12-11-26-23-25-10-9-20(28-23)22-21(16-3-2-4-17(31)15-16)29-24-30(22)13-14-35-24/h2-10,13-15,27,31H,11-12H2,1H3,(H,25,26,28). The van der Waals surface area contributed by atoms with Crippen LogP contribution in [0.4, 0.5) is 5.95 Å². The molecule has 0 saturated carbocycles. The number of aromatic hydroxyl groups is 1. The van der Waals surface area contributed by atoms with Gasteiger partial charge in [0.15, 0.2) is 4.96 Å². The van der Waals surface area contributed by atoms with Gasteiger partial charge in [0.05, 0.1) is 23.4 Å². The zero-order chi connectivity index (χ0) is 25.1. The summed E-state index contributed by atoms with van der Waals surface area (Å²) in [4.78, 5) is 14.6. The molecule has 0 atom stereocenters. The lowest BCUT2D eigenvalue weighted by Gasteiger charge is -2.10. The van der Waals surface area contributed by atoms with Crippen molar-refractivity contribution in [3.05, 3.63) is 72.4 Å². The van der Waals surface area contributed by atoms with Gasteiger partial charge >= 0.3 is 0 Å². The number of phenols is 1. The molecule has 0 radical (unpaired) electrons. The molecule has 3 aromatic heterocycles. The second kappa shape index (κ2) is 9.93. The Kier molecular flexibility index (Phi) is 6.55. The fourth-order valence-corrected chi connectivity index (χ4v) is 5.40. The number of imidazole rings is 1. The summed E-state index contributed by atoms with van der Waals surface area (Å²) < 4.78 is 34.6. The third-order valence-electron chi connectivity index (χ3n) is 5.35. The second-order valence-corrected chi connectivity index (χ2v) is 10.3. The molecule has 0 fully saturated rings. The number of thiazole rings is 1. The first-order chi connectivity index (χ1) is 17.4. The highest BCUT2D eigenvalue weighted by molar-refractivity contribution is 7.89. The molecule has 0 bridgehead atoms. The number of hydrogen-bond donors (Lipinski definition) is 3. The maximum absolute atomic E-state index is 12.5. The Labute approximate surface area is 211 Å². The third kappa shape index (κ3) is 4.87. The van der Waals surface area contributed by atoms with Gasteiger partial charge in [-0.05, 0) is 42.5 Å². The first-order valence-corrected chi connectivity index (χ1v) is 13.3. The molecule has 3 N–H and O–H groups in total. The Balaban J connectivity index is 1.32. The van der Waals surface area contributed by atoms with Crippen LogP contribution in [0.15, 0.2) is 77.3 Å². The smallest absolute Gasteiger partial charge is 0.240 e. The summed E-state index contributed by atoms with van der Waals surface area (Å²) in [6, 6.07) is 14.9. The molecular formula is C24H22N6O4S2. The topological polar surface area (TPSA) is 131 Å². The van der Waals surface area contributed by atoms with Crippen molar-refractivity contribution >= 4 is 32.3 Å². The quantitative estimate of drug-likeness (QED) is 0.250.